The van der Waals surface area contributed by atoms with Gasteiger partial charge in [-0.1, -0.05) is 30.3 Å². The van der Waals surface area contributed by atoms with E-state index in [1.54, 1.807) is 18.3 Å². The highest BCUT2D eigenvalue weighted by Crippen LogP contribution is 2.19. The zero-order chi connectivity index (χ0) is 22.4. The fourth-order valence-corrected chi connectivity index (χ4v) is 3.32. The standard InChI is InChI=1S/C22H24N4O5/c23-11-20(28)25-18(9-13-5-7-15(27)8-6-13)21(29)26-19(22(30)31)10-14-12-24-17-4-2-1-3-16(14)17/h1-8,12,18-19,24,27H,9-11,23H2,(H,25,28)(H,26,29)(H,30,31)/t18-,19-/m0/s1. The zero-order valence-corrected chi connectivity index (χ0v) is 16.7. The number of benzene rings is 2. The lowest BCUT2D eigenvalue weighted by Gasteiger charge is -2.21. The molecule has 1 aromatic heterocycles. The van der Waals surface area contributed by atoms with E-state index >= 15 is 0 Å². The van der Waals surface area contributed by atoms with E-state index in [2.05, 4.69) is 15.6 Å². The van der Waals surface area contributed by atoms with Crippen LogP contribution in [0.1, 0.15) is 11.1 Å². The SMILES string of the molecule is NCC(=O)N[C@@H](Cc1ccc(O)cc1)C(=O)N[C@@H](Cc1c[nH]c2ccccc12)C(=O)O. The third kappa shape index (κ3) is 5.61. The lowest BCUT2D eigenvalue weighted by atomic mass is 10.0. The number of carboxylic acid groups (broad SMARTS) is 1. The maximum Gasteiger partial charge on any atom is 0.326 e. The molecule has 0 fully saturated rings. The van der Waals surface area contributed by atoms with E-state index in [4.69, 9.17) is 5.73 Å². The lowest BCUT2D eigenvalue weighted by Crippen LogP contribution is -2.53. The summed E-state index contributed by atoms with van der Waals surface area (Å²) in [6.45, 7) is -0.308. The quantitative estimate of drug-likeness (QED) is 0.296. The summed E-state index contributed by atoms with van der Waals surface area (Å²) >= 11 is 0. The third-order valence-corrected chi connectivity index (χ3v) is 4.93. The second-order valence-corrected chi connectivity index (χ2v) is 7.16. The Morgan fingerprint density at radius 3 is 2.35 bits per heavy atom. The summed E-state index contributed by atoms with van der Waals surface area (Å²) in [6, 6.07) is 11.4. The average molecular weight is 424 g/mol. The molecule has 0 aliphatic carbocycles. The maximum absolute atomic E-state index is 12.9. The summed E-state index contributed by atoms with van der Waals surface area (Å²) < 4.78 is 0. The van der Waals surface area contributed by atoms with Gasteiger partial charge in [0.1, 0.15) is 17.8 Å². The molecule has 9 heteroatoms. The van der Waals surface area contributed by atoms with E-state index in [0.29, 0.717) is 5.56 Å². The van der Waals surface area contributed by atoms with Gasteiger partial charge in [0.2, 0.25) is 11.8 Å². The van der Waals surface area contributed by atoms with Crippen LogP contribution in [-0.2, 0) is 27.2 Å². The summed E-state index contributed by atoms with van der Waals surface area (Å²) in [5.74, 6) is -2.29. The predicted molar refractivity (Wildman–Crippen MR) is 114 cm³/mol. The number of fused-ring (bicyclic) bond motifs is 1. The highest BCUT2D eigenvalue weighted by Gasteiger charge is 2.27. The Morgan fingerprint density at radius 1 is 0.968 bits per heavy atom. The number of rotatable bonds is 9. The van der Waals surface area contributed by atoms with E-state index in [9.17, 15) is 24.6 Å². The number of aromatic hydroxyl groups is 1. The van der Waals surface area contributed by atoms with Crippen molar-refractivity contribution in [2.75, 3.05) is 6.54 Å². The normalized spacial score (nSPS) is 12.8. The summed E-state index contributed by atoms with van der Waals surface area (Å²) in [5.41, 5.74) is 7.65. The van der Waals surface area contributed by atoms with Crippen LogP contribution in [0.5, 0.6) is 5.75 Å². The van der Waals surface area contributed by atoms with Gasteiger partial charge in [-0.05, 0) is 29.3 Å². The fourth-order valence-electron chi connectivity index (χ4n) is 3.32. The first-order valence-electron chi connectivity index (χ1n) is 9.73. The monoisotopic (exact) mass is 424 g/mol. The van der Waals surface area contributed by atoms with Gasteiger partial charge < -0.3 is 31.6 Å². The summed E-state index contributed by atoms with van der Waals surface area (Å²) in [4.78, 5) is 39.6. The smallest absolute Gasteiger partial charge is 0.326 e. The molecule has 0 spiro atoms. The molecule has 0 bridgehead atoms. The number of carboxylic acids is 1. The van der Waals surface area contributed by atoms with Crippen LogP contribution in [-0.4, -0.2) is 51.6 Å². The van der Waals surface area contributed by atoms with Crippen LogP contribution >= 0.6 is 0 Å². The number of aliphatic carboxylic acids is 1. The minimum absolute atomic E-state index is 0.0698. The van der Waals surface area contributed by atoms with Crippen molar-refractivity contribution in [2.24, 2.45) is 5.73 Å². The van der Waals surface area contributed by atoms with Gasteiger partial charge in [-0.2, -0.15) is 0 Å². The molecule has 0 aliphatic heterocycles. The number of H-pyrrole nitrogens is 1. The molecular weight excluding hydrogens is 400 g/mol. The molecule has 0 radical (unpaired) electrons. The summed E-state index contributed by atoms with van der Waals surface area (Å²) in [5, 5.41) is 25.0. The van der Waals surface area contributed by atoms with Crippen LogP contribution in [0.4, 0.5) is 0 Å². The largest absolute Gasteiger partial charge is 0.508 e. The first-order valence-corrected chi connectivity index (χ1v) is 9.73. The predicted octanol–water partition coefficient (Wildman–Crippen LogP) is 0.672. The minimum atomic E-state index is -1.19. The molecule has 162 valence electrons. The molecular formula is C22H24N4O5. The highest BCUT2D eigenvalue weighted by molar-refractivity contribution is 5.91. The number of carbonyl (C=O) groups is 3. The van der Waals surface area contributed by atoms with Crippen molar-refractivity contribution in [3.63, 3.8) is 0 Å². The Labute approximate surface area is 178 Å². The molecule has 2 aromatic carbocycles. The molecule has 7 N–H and O–H groups in total. The number of nitrogens with two attached hydrogens (primary N) is 1. The number of para-hydroxylation sites is 1. The number of hydrogen-bond donors (Lipinski definition) is 6. The van der Waals surface area contributed by atoms with E-state index in [1.807, 2.05) is 24.3 Å². The summed E-state index contributed by atoms with van der Waals surface area (Å²) in [6.07, 6.45) is 1.90. The molecule has 3 rings (SSSR count). The van der Waals surface area contributed by atoms with Gasteiger partial charge in [0.25, 0.3) is 0 Å². The van der Waals surface area contributed by atoms with Gasteiger partial charge in [0, 0.05) is 29.9 Å². The second-order valence-electron chi connectivity index (χ2n) is 7.16. The van der Waals surface area contributed by atoms with Gasteiger partial charge in [-0.25, -0.2) is 4.79 Å². The fraction of sp³-hybridized carbons (Fsp3) is 0.227. The van der Waals surface area contributed by atoms with E-state index in [0.717, 1.165) is 16.5 Å². The van der Waals surface area contributed by atoms with Gasteiger partial charge in [0.15, 0.2) is 0 Å². The topological polar surface area (TPSA) is 158 Å². The molecule has 3 aromatic rings. The van der Waals surface area contributed by atoms with Crippen molar-refractivity contribution in [2.45, 2.75) is 24.9 Å². The Balaban J connectivity index is 1.76. The lowest BCUT2D eigenvalue weighted by molar-refractivity contribution is -0.142. The van der Waals surface area contributed by atoms with Crippen molar-refractivity contribution in [1.29, 1.82) is 0 Å². The van der Waals surface area contributed by atoms with Gasteiger partial charge in [-0.3, -0.25) is 9.59 Å². The van der Waals surface area contributed by atoms with Gasteiger partial charge in [-0.15, -0.1) is 0 Å². The Morgan fingerprint density at radius 2 is 1.68 bits per heavy atom. The van der Waals surface area contributed by atoms with Crippen LogP contribution in [0.2, 0.25) is 0 Å². The molecule has 0 unspecified atom stereocenters. The molecule has 0 saturated carbocycles. The van der Waals surface area contributed by atoms with Crippen LogP contribution in [0.25, 0.3) is 10.9 Å². The van der Waals surface area contributed by atoms with Crippen molar-refractivity contribution < 1.29 is 24.6 Å². The number of aromatic amines is 1. The number of phenolic OH excluding ortho intramolecular Hbond substituents is 1. The van der Waals surface area contributed by atoms with E-state index in [-0.39, 0.29) is 25.1 Å². The molecule has 0 aliphatic rings. The molecule has 31 heavy (non-hydrogen) atoms. The van der Waals surface area contributed by atoms with Crippen LogP contribution < -0.4 is 16.4 Å². The number of nitrogens with one attached hydrogen (secondary N) is 3. The first-order chi connectivity index (χ1) is 14.9. The second kappa shape index (κ2) is 9.77. The highest BCUT2D eigenvalue weighted by atomic mass is 16.4. The summed E-state index contributed by atoms with van der Waals surface area (Å²) in [7, 11) is 0. The van der Waals surface area contributed by atoms with Crippen molar-refractivity contribution in [3.05, 3.63) is 65.9 Å². The van der Waals surface area contributed by atoms with Gasteiger partial charge >= 0.3 is 5.97 Å². The molecule has 9 nitrogen and oxygen atoms in total. The van der Waals surface area contributed by atoms with Crippen molar-refractivity contribution in [1.82, 2.24) is 15.6 Å². The first kappa shape index (κ1) is 21.8. The Kier molecular flexibility index (Phi) is 6.88. The minimum Gasteiger partial charge on any atom is -0.508 e. The van der Waals surface area contributed by atoms with E-state index < -0.39 is 29.9 Å². The number of aromatic nitrogens is 1. The van der Waals surface area contributed by atoms with E-state index in [1.165, 1.54) is 12.1 Å². The molecule has 1 heterocycles. The van der Waals surface area contributed by atoms with Crippen LogP contribution in [0.3, 0.4) is 0 Å². The number of carbonyl (C=O) groups excluding carboxylic acids is 2. The van der Waals surface area contributed by atoms with Crippen molar-refractivity contribution >= 4 is 28.7 Å². The molecule has 0 saturated heterocycles. The average Bonchev–Trinajstić information content (AvgIpc) is 3.17. The molecule has 2 atom stereocenters. The maximum atomic E-state index is 12.9. The van der Waals surface area contributed by atoms with Crippen molar-refractivity contribution in [3.8, 4) is 5.75 Å². The van der Waals surface area contributed by atoms with Crippen LogP contribution in [0.15, 0.2) is 54.7 Å². The molecule has 2 amide bonds. The third-order valence-electron chi connectivity index (χ3n) is 4.93. The van der Waals surface area contributed by atoms with Crippen LogP contribution in [0, 0.1) is 0 Å². The Bertz CT molecular complexity index is 1080. The number of amides is 2. The Hall–Kier alpha value is -3.85. The number of hydrogen-bond acceptors (Lipinski definition) is 5. The van der Waals surface area contributed by atoms with Gasteiger partial charge in [0.05, 0.1) is 6.54 Å². The number of phenols is 1. The zero-order valence-electron chi connectivity index (χ0n) is 16.7.